The van der Waals surface area contributed by atoms with Crippen LogP contribution in [0.2, 0.25) is 5.02 Å². The number of nitrogens with one attached hydrogen (secondary N) is 1. The number of rotatable bonds is 7. The molecule has 1 aromatic heterocycles. The number of non-ortho nitro benzene ring substituents is 1. The zero-order valence-corrected chi connectivity index (χ0v) is 16.3. The molecule has 0 aliphatic heterocycles. The molecule has 0 unspecified atom stereocenters. The molecule has 1 N–H and O–H groups in total. The van der Waals surface area contributed by atoms with Crippen molar-refractivity contribution in [3.05, 3.63) is 86.6 Å². The van der Waals surface area contributed by atoms with E-state index in [1.165, 1.54) is 30.0 Å². The number of furan rings is 1. The Morgan fingerprint density at radius 1 is 1.17 bits per heavy atom. The number of carbonyl (C=O) groups is 1. The number of amides is 1. The van der Waals surface area contributed by atoms with E-state index in [2.05, 4.69) is 17.5 Å². The summed E-state index contributed by atoms with van der Waals surface area (Å²) in [5.41, 5.74) is 4.87. The van der Waals surface area contributed by atoms with Crippen molar-refractivity contribution < 1.29 is 14.1 Å². The van der Waals surface area contributed by atoms with Crippen molar-refractivity contribution in [2.45, 2.75) is 19.8 Å². The quantitative estimate of drug-likeness (QED) is 0.344. The predicted octanol–water partition coefficient (Wildman–Crippen LogP) is 4.76. The van der Waals surface area contributed by atoms with Gasteiger partial charge in [0.15, 0.2) is 0 Å². The zero-order valence-electron chi connectivity index (χ0n) is 15.6. The molecular weight excluding hydrogens is 394 g/mol. The minimum absolute atomic E-state index is 0.0877. The Balaban J connectivity index is 1.62. The predicted molar refractivity (Wildman–Crippen MR) is 111 cm³/mol. The van der Waals surface area contributed by atoms with Crippen LogP contribution < -0.4 is 5.43 Å². The molecule has 0 radical (unpaired) electrons. The molecule has 148 valence electrons. The van der Waals surface area contributed by atoms with Crippen molar-refractivity contribution in [3.63, 3.8) is 0 Å². The van der Waals surface area contributed by atoms with Crippen LogP contribution in [0.3, 0.4) is 0 Å². The molecule has 8 heteroatoms. The highest BCUT2D eigenvalue weighted by molar-refractivity contribution is 6.33. The number of nitro groups is 1. The topological polar surface area (TPSA) is 97.7 Å². The third kappa shape index (κ3) is 5.30. The van der Waals surface area contributed by atoms with Gasteiger partial charge in [0, 0.05) is 17.7 Å². The van der Waals surface area contributed by atoms with Crippen LogP contribution in [0.4, 0.5) is 5.69 Å². The first-order valence-electron chi connectivity index (χ1n) is 8.90. The van der Waals surface area contributed by atoms with Crippen LogP contribution in [-0.4, -0.2) is 17.0 Å². The first kappa shape index (κ1) is 20.3. The van der Waals surface area contributed by atoms with E-state index < -0.39 is 4.92 Å². The zero-order chi connectivity index (χ0) is 20.8. The van der Waals surface area contributed by atoms with Crippen molar-refractivity contribution in [2.75, 3.05) is 0 Å². The first-order chi connectivity index (χ1) is 14.0. The Morgan fingerprint density at radius 2 is 1.90 bits per heavy atom. The summed E-state index contributed by atoms with van der Waals surface area (Å²) in [6.07, 6.45) is 2.52. The van der Waals surface area contributed by atoms with Gasteiger partial charge < -0.3 is 4.42 Å². The normalized spacial score (nSPS) is 11.0. The van der Waals surface area contributed by atoms with Crippen LogP contribution >= 0.6 is 11.6 Å². The van der Waals surface area contributed by atoms with Crippen LogP contribution in [0, 0.1) is 10.1 Å². The molecule has 1 heterocycles. The van der Waals surface area contributed by atoms with Crippen LogP contribution in [0.15, 0.2) is 64.1 Å². The summed E-state index contributed by atoms with van der Waals surface area (Å²) >= 11 is 6.11. The number of hydrazone groups is 1. The van der Waals surface area contributed by atoms with E-state index in [0.717, 1.165) is 12.0 Å². The summed E-state index contributed by atoms with van der Waals surface area (Å²) in [4.78, 5) is 22.4. The fourth-order valence-corrected chi connectivity index (χ4v) is 2.88. The number of nitrogens with zero attached hydrogens (tertiary/aromatic N) is 2. The number of benzene rings is 2. The molecule has 0 saturated heterocycles. The monoisotopic (exact) mass is 411 g/mol. The summed E-state index contributed by atoms with van der Waals surface area (Å²) in [6.45, 7) is 2.07. The van der Waals surface area contributed by atoms with E-state index in [4.69, 9.17) is 16.0 Å². The molecule has 29 heavy (non-hydrogen) atoms. The van der Waals surface area contributed by atoms with Gasteiger partial charge in [0.2, 0.25) is 5.91 Å². The summed E-state index contributed by atoms with van der Waals surface area (Å²) < 4.78 is 5.60. The lowest BCUT2D eigenvalue weighted by Crippen LogP contribution is -2.19. The van der Waals surface area contributed by atoms with Crippen molar-refractivity contribution in [1.29, 1.82) is 0 Å². The second kappa shape index (κ2) is 9.16. The fourth-order valence-electron chi connectivity index (χ4n) is 2.67. The number of hydrogen-bond donors (Lipinski definition) is 1. The molecule has 0 spiro atoms. The molecule has 0 aliphatic rings. The van der Waals surface area contributed by atoms with Gasteiger partial charge in [-0.3, -0.25) is 14.9 Å². The fraction of sp³-hybridized carbons (Fsp3) is 0.143. The third-order valence-corrected chi connectivity index (χ3v) is 4.56. The minimum Gasteiger partial charge on any atom is -0.455 e. The van der Waals surface area contributed by atoms with E-state index in [1.807, 2.05) is 24.3 Å². The van der Waals surface area contributed by atoms with Gasteiger partial charge in [-0.2, -0.15) is 5.10 Å². The maximum atomic E-state index is 12.0. The Morgan fingerprint density at radius 3 is 2.59 bits per heavy atom. The lowest BCUT2D eigenvalue weighted by Gasteiger charge is -2.02. The summed E-state index contributed by atoms with van der Waals surface area (Å²) in [7, 11) is 0. The second-order valence-corrected chi connectivity index (χ2v) is 6.67. The van der Waals surface area contributed by atoms with Crippen LogP contribution in [0.5, 0.6) is 0 Å². The highest BCUT2D eigenvalue weighted by atomic mass is 35.5. The average molecular weight is 412 g/mol. The number of carbonyl (C=O) groups excluding carboxylic acids is 1. The largest absolute Gasteiger partial charge is 0.455 e. The van der Waals surface area contributed by atoms with Gasteiger partial charge in [-0.15, -0.1) is 0 Å². The molecule has 2 aromatic carbocycles. The Hall–Kier alpha value is -3.45. The van der Waals surface area contributed by atoms with E-state index in [9.17, 15) is 14.9 Å². The van der Waals surface area contributed by atoms with E-state index in [-0.39, 0.29) is 18.0 Å². The van der Waals surface area contributed by atoms with E-state index in [0.29, 0.717) is 22.1 Å². The average Bonchev–Trinajstić information content (AvgIpc) is 3.17. The standard InChI is InChI=1S/C21H18ClN3O4/c1-2-14-3-5-15(6-4-14)11-21(26)24-23-13-17-8-10-20(29-17)18-12-16(25(27)28)7-9-19(18)22/h3-10,12-13H,2,11H2,1H3,(H,24,26)/b23-13-. The summed E-state index contributed by atoms with van der Waals surface area (Å²) in [6, 6.07) is 15.2. The molecule has 0 atom stereocenters. The second-order valence-electron chi connectivity index (χ2n) is 6.26. The minimum atomic E-state index is -0.504. The molecule has 0 fully saturated rings. The number of nitro benzene ring substituents is 1. The van der Waals surface area contributed by atoms with E-state index in [1.54, 1.807) is 12.1 Å². The van der Waals surface area contributed by atoms with Crippen molar-refractivity contribution >= 4 is 29.4 Å². The first-order valence-corrected chi connectivity index (χ1v) is 9.28. The number of aryl methyl sites for hydroxylation is 1. The van der Waals surface area contributed by atoms with Gasteiger partial charge >= 0.3 is 0 Å². The Bertz CT molecular complexity index is 1060. The molecule has 0 aliphatic carbocycles. The number of hydrogen-bond acceptors (Lipinski definition) is 5. The highest BCUT2D eigenvalue weighted by Crippen LogP contribution is 2.32. The lowest BCUT2D eigenvalue weighted by atomic mass is 10.1. The molecule has 0 saturated carbocycles. The van der Waals surface area contributed by atoms with Crippen molar-refractivity contribution in [3.8, 4) is 11.3 Å². The Labute approximate surface area is 172 Å². The van der Waals surface area contributed by atoms with Gasteiger partial charge in [-0.25, -0.2) is 5.43 Å². The van der Waals surface area contributed by atoms with Gasteiger partial charge in [-0.05, 0) is 35.7 Å². The van der Waals surface area contributed by atoms with Crippen LogP contribution in [-0.2, 0) is 17.6 Å². The molecule has 1 amide bonds. The summed E-state index contributed by atoms with van der Waals surface area (Å²) in [5, 5.41) is 15.2. The highest BCUT2D eigenvalue weighted by Gasteiger charge is 2.14. The Kier molecular flexibility index (Phi) is 6.41. The van der Waals surface area contributed by atoms with Crippen molar-refractivity contribution in [2.24, 2.45) is 5.10 Å². The number of halogens is 1. The lowest BCUT2D eigenvalue weighted by molar-refractivity contribution is -0.384. The molecule has 3 rings (SSSR count). The molecule has 7 nitrogen and oxygen atoms in total. The van der Waals surface area contributed by atoms with Crippen LogP contribution in [0.25, 0.3) is 11.3 Å². The molecule has 0 bridgehead atoms. The van der Waals surface area contributed by atoms with Gasteiger partial charge in [0.1, 0.15) is 11.5 Å². The van der Waals surface area contributed by atoms with Crippen LogP contribution in [0.1, 0.15) is 23.8 Å². The maximum Gasteiger partial charge on any atom is 0.270 e. The van der Waals surface area contributed by atoms with Gasteiger partial charge in [-0.1, -0.05) is 42.8 Å². The van der Waals surface area contributed by atoms with Crippen molar-refractivity contribution in [1.82, 2.24) is 5.43 Å². The third-order valence-electron chi connectivity index (χ3n) is 4.23. The summed E-state index contributed by atoms with van der Waals surface area (Å²) in [5.74, 6) is 0.483. The SMILES string of the molecule is CCc1ccc(CC(=O)N/N=C\c2ccc(-c3cc([N+](=O)[O-])ccc3Cl)o2)cc1. The maximum absolute atomic E-state index is 12.0. The molecular formula is C21H18ClN3O4. The van der Waals surface area contributed by atoms with Gasteiger partial charge in [0.05, 0.1) is 22.6 Å². The van der Waals surface area contributed by atoms with Gasteiger partial charge in [0.25, 0.3) is 5.69 Å². The van der Waals surface area contributed by atoms with E-state index >= 15 is 0 Å². The smallest absolute Gasteiger partial charge is 0.270 e. The molecule has 3 aromatic rings.